The van der Waals surface area contributed by atoms with Crippen molar-refractivity contribution in [1.29, 1.82) is 0 Å². The molecule has 1 N–H and O–H groups in total. The van der Waals surface area contributed by atoms with Crippen LogP contribution in [0.15, 0.2) is 17.1 Å². The van der Waals surface area contributed by atoms with E-state index in [0.29, 0.717) is 6.04 Å². The standard InChI is InChI=1S/C15H22N2O2/c1-3-6-12-7-4-5-8-17(12)15(19)13-10-16-11(2)9-14(13)18/h9-10,12H,3-8H2,1-2H3,(H,16,18). The highest BCUT2D eigenvalue weighted by Gasteiger charge is 2.27. The van der Waals surface area contributed by atoms with Crippen LogP contribution in [0.3, 0.4) is 0 Å². The van der Waals surface area contributed by atoms with E-state index in [1.807, 2.05) is 11.8 Å². The molecule has 1 aliphatic heterocycles. The lowest BCUT2D eigenvalue weighted by molar-refractivity contribution is 0.0599. The molecule has 0 aliphatic carbocycles. The van der Waals surface area contributed by atoms with Crippen LogP contribution in [0, 0.1) is 6.92 Å². The fourth-order valence-corrected chi connectivity index (χ4v) is 2.80. The molecule has 4 nitrogen and oxygen atoms in total. The Morgan fingerprint density at radius 1 is 1.47 bits per heavy atom. The van der Waals surface area contributed by atoms with Crippen molar-refractivity contribution in [1.82, 2.24) is 9.88 Å². The Morgan fingerprint density at radius 2 is 2.26 bits per heavy atom. The number of likely N-dealkylation sites (tertiary alicyclic amines) is 1. The summed E-state index contributed by atoms with van der Waals surface area (Å²) in [4.78, 5) is 29.3. The minimum absolute atomic E-state index is 0.112. The van der Waals surface area contributed by atoms with E-state index in [4.69, 9.17) is 0 Å². The molecule has 1 aliphatic rings. The van der Waals surface area contributed by atoms with E-state index >= 15 is 0 Å². The summed E-state index contributed by atoms with van der Waals surface area (Å²) in [5, 5.41) is 0. The summed E-state index contributed by atoms with van der Waals surface area (Å²) in [5.41, 5.74) is 0.876. The van der Waals surface area contributed by atoms with Crippen molar-refractivity contribution >= 4 is 5.91 Å². The molecule has 19 heavy (non-hydrogen) atoms. The lowest BCUT2D eigenvalue weighted by Gasteiger charge is -2.35. The van der Waals surface area contributed by atoms with Gasteiger partial charge in [0.2, 0.25) is 0 Å². The Labute approximate surface area is 113 Å². The molecular weight excluding hydrogens is 240 g/mol. The average Bonchev–Trinajstić information content (AvgIpc) is 2.39. The van der Waals surface area contributed by atoms with Crippen molar-refractivity contribution in [2.45, 2.75) is 52.0 Å². The van der Waals surface area contributed by atoms with Crippen LogP contribution < -0.4 is 5.43 Å². The van der Waals surface area contributed by atoms with Crippen molar-refractivity contribution in [2.75, 3.05) is 6.54 Å². The van der Waals surface area contributed by atoms with Gasteiger partial charge in [-0.15, -0.1) is 0 Å². The molecule has 0 aromatic carbocycles. The highest BCUT2D eigenvalue weighted by Crippen LogP contribution is 2.22. The molecule has 1 atom stereocenters. The van der Waals surface area contributed by atoms with Crippen LogP contribution in [0.5, 0.6) is 0 Å². The van der Waals surface area contributed by atoms with Crippen LogP contribution in [0.4, 0.5) is 0 Å². The molecule has 1 aromatic rings. The highest BCUT2D eigenvalue weighted by atomic mass is 16.2. The largest absolute Gasteiger partial charge is 0.364 e. The van der Waals surface area contributed by atoms with Gasteiger partial charge in [0, 0.05) is 30.5 Å². The molecule has 1 unspecified atom stereocenters. The van der Waals surface area contributed by atoms with Crippen molar-refractivity contribution < 1.29 is 4.79 Å². The molecule has 104 valence electrons. The molecule has 1 saturated heterocycles. The van der Waals surface area contributed by atoms with E-state index in [9.17, 15) is 9.59 Å². The number of carbonyl (C=O) groups excluding carboxylic acids is 1. The molecule has 1 amide bonds. The number of carbonyl (C=O) groups is 1. The number of nitrogens with zero attached hydrogens (tertiary/aromatic N) is 1. The normalized spacial score (nSPS) is 19.5. The smallest absolute Gasteiger partial charge is 0.259 e. The van der Waals surface area contributed by atoms with Gasteiger partial charge in [0.15, 0.2) is 5.43 Å². The zero-order valence-corrected chi connectivity index (χ0v) is 11.7. The number of amides is 1. The van der Waals surface area contributed by atoms with Gasteiger partial charge in [-0.1, -0.05) is 13.3 Å². The van der Waals surface area contributed by atoms with Crippen LogP contribution >= 0.6 is 0 Å². The first-order valence-corrected chi connectivity index (χ1v) is 7.13. The molecule has 4 heteroatoms. The third-order valence-corrected chi connectivity index (χ3v) is 3.80. The molecule has 2 heterocycles. The Morgan fingerprint density at radius 3 is 2.95 bits per heavy atom. The summed E-state index contributed by atoms with van der Waals surface area (Å²) in [7, 11) is 0. The summed E-state index contributed by atoms with van der Waals surface area (Å²) < 4.78 is 0. The minimum atomic E-state index is -0.179. The van der Waals surface area contributed by atoms with Crippen LogP contribution in [0.25, 0.3) is 0 Å². The maximum Gasteiger partial charge on any atom is 0.259 e. The summed E-state index contributed by atoms with van der Waals surface area (Å²) in [5.74, 6) is -0.112. The van der Waals surface area contributed by atoms with E-state index in [2.05, 4.69) is 11.9 Å². The summed E-state index contributed by atoms with van der Waals surface area (Å²) in [6.07, 6.45) is 6.92. The second-order valence-corrected chi connectivity index (χ2v) is 5.33. The molecule has 2 rings (SSSR count). The molecule has 0 radical (unpaired) electrons. The fraction of sp³-hybridized carbons (Fsp3) is 0.600. The maximum atomic E-state index is 12.5. The van der Waals surface area contributed by atoms with E-state index in [1.54, 1.807) is 6.20 Å². The van der Waals surface area contributed by atoms with Crippen LogP contribution in [0.2, 0.25) is 0 Å². The first-order valence-electron chi connectivity index (χ1n) is 7.13. The molecule has 0 spiro atoms. The zero-order valence-electron chi connectivity index (χ0n) is 11.7. The third kappa shape index (κ3) is 3.06. The number of H-pyrrole nitrogens is 1. The van der Waals surface area contributed by atoms with Gasteiger partial charge >= 0.3 is 0 Å². The van der Waals surface area contributed by atoms with Crippen LogP contribution in [0.1, 0.15) is 55.1 Å². The van der Waals surface area contributed by atoms with Gasteiger partial charge in [0.05, 0.1) is 0 Å². The Hall–Kier alpha value is -1.58. The topological polar surface area (TPSA) is 53.2 Å². The number of hydrogen-bond acceptors (Lipinski definition) is 2. The van der Waals surface area contributed by atoms with E-state index in [0.717, 1.165) is 37.9 Å². The Kier molecular flexibility index (Phi) is 4.40. The van der Waals surface area contributed by atoms with E-state index in [1.165, 1.54) is 12.5 Å². The van der Waals surface area contributed by atoms with Crippen molar-refractivity contribution in [3.63, 3.8) is 0 Å². The van der Waals surface area contributed by atoms with Gasteiger partial charge in [-0.05, 0) is 32.6 Å². The summed E-state index contributed by atoms with van der Waals surface area (Å²) in [6.45, 7) is 4.73. The number of rotatable bonds is 3. The number of pyridine rings is 1. The molecule has 0 saturated carbocycles. The van der Waals surface area contributed by atoms with Gasteiger partial charge in [-0.3, -0.25) is 9.59 Å². The highest BCUT2D eigenvalue weighted by molar-refractivity contribution is 5.94. The predicted molar refractivity (Wildman–Crippen MR) is 75.4 cm³/mol. The number of piperidine rings is 1. The van der Waals surface area contributed by atoms with Gasteiger partial charge in [0.1, 0.15) is 5.56 Å². The van der Waals surface area contributed by atoms with Crippen LogP contribution in [-0.4, -0.2) is 28.4 Å². The number of aryl methyl sites for hydroxylation is 1. The molecule has 0 bridgehead atoms. The predicted octanol–water partition coefficient (Wildman–Crippen LogP) is 2.48. The summed E-state index contributed by atoms with van der Waals surface area (Å²) in [6, 6.07) is 1.79. The SMILES string of the molecule is CCCC1CCCCN1C(=O)c1c[nH]c(C)cc1=O. The Bertz CT molecular complexity index is 505. The molecule has 1 fully saturated rings. The zero-order chi connectivity index (χ0) is 13.8. The third-order valence-electron chi connectivity index (χ3n) is 3.80. The fourth-order valence-electron chi connectivity index (χ4n) is 2.80. The quantitative estimate of drug-likeness (QED) is 0.909. The Balaban J connectivity index is 2.23. The second-order valence-electron chi connectivity index (χ2n) is 5.33. The minimum Gasteiger partial charge on any atom is -0.364 e. The number of aromatic amines is 1. The number of nitrogens with one attached hydrogen (secondary N) is 1. The van der Waals surface area contributed by atoms with E-state index < -0.39 is 0 Å². The van der Waals surface area contributed by atoms with Gasteiger partial charge in [-0.25, -0.2) is 0 Å². The van der Waals surface area contributed by atoms with Gasteiger partial charge in [0.25, 0.3) is 5.91 Å². The van der Waals surface area contributed by atoms with Gasteiger partial charge in [-0.2, -0.15) is 0 Å². The van der Waals surface area contributed by atoms with Crippen molar-refractivity contribution in [2.24, 2.45) is 0 Å². The molecule has 1 aromatic heterocycles. The number of aromatic nitrogens is 1. The van der Waals surface area contributed by atoms with Gasteiger partial charge < -0.3 is 9.88 Å². The average molecular weight is 262 g/mol. The van der Waals surface area contributed by atoms with Crippen LogP contribution in [-0.2, 0) is 0 Å². The summed E-state index contributed by atoms with van der Waals surface area (Å²) >= 11 is 0. The first kappa shape index (κ1) is 13.8. The molecular formula is C15H22N2O2. The lowest BCUT2D eigenvalue weighted by atomic mass is 9.97. The lowest BCUT2D eigenvalue weighted by Crippen LogP contribution is -2.45. The monoisotopic (exact) mass is 262 g/mol. The van der Waals surface area contributed by atoms with Crippen molar-refractivity contribution in [3.05, 3.63) is 33.7 Å². The second kappa shape index (κ2) is 6.04. The first-order chi connectivity index (χ1) is 9.13. The maximum absolute atomic E-state index is 12.5. The van der Waals surface area contributed by atoms with E-state index in [-0.39, 0.29) is 16.9 Å². The number of hydrogen-bond donors (Lipinski definition) is 1. The van der Waals surface area contributed by atoms with Crippen molar-refractivity contribution in [3.8, 4) is 0 Å².